The zero-order valence-electron chi connectivity index (χ0n) is 16.1. The average molecular weight is 369 g/mol. The van der Waals surface area contributed by atoms with Gasteiger partial charge >= 0.3 is 0 Å². The molecular formula is C21H27N3O3. The summed E-state index contributed by atoms with van der Waals surface area (Å²) in [6, 6.07) is 14.2. The molecule has 0 aromatic heterocycles. The number of para-hydroxylation sites is 1. The highest BCUT2D eigenvalue weighted by atomic mass is 16.5. The molecule has 1 heterocycles. The van der Waals surface area contributed by atoms with Gasteiger partial charge in [0.15, 0.2) is 17.5 Å². The number of nitrogens with zero attached hydrogens (tertiary/aromatic N) is 1. The summed E-state index contributed by atoms with van der Waals surface area (Å²) < 4.78 is 16.6. The van der Waals surface area contributed by atoms with Gasteiger partial charge in [-0.05, 0) is 35.7 Å². The Hall–Kier alpha value is -2.89. The van der Waals surface area contributed by atoms with E-state index in [4.69, 9.17) is 14.2 Å². The second-order valence-corrected chi connectivity index (χ2v) is 6.37. The molecule has 2 aromatic rings. The molecule has 2 aromatic carbocycles. The second-order valence-electron chi connectivity index (χ2n) is 6.37. The number of guanidine groups is 1. The number of methoxy groups -OCH3 is 2. The van der Waals surface area contributed by atoms with E-state index in [0.717, 1.165) is 42.6 Å². The molecular weight excluding hydrogens is 342 g/mol. The number of fused-ring (bicyclic) bond motifs is 1. The predicted octanol–water partition coefficient (Wildman–Crippen LogP) is 2.42. The zero-order valence-corrected chi connectivity index (χ0v) is 16.1. The predicted molar refractivity (Wildman–Crippen MR) is 107 cm³/mol. The van der Waals surface area contributed by atoms with Crippen LogP contribution in [0.4, 0.5) is 0 Å². The van der Waals surface area contributed by atoms with Crippen LogP contribution in [0.15, 0.2) is 47.5 Å². The fraction of sp³-hybridized carbons (Fsp3) is 0.381. The molecule has 0 spiro atoms. The summed E-state index contributed by atoms with van der Waals surface area (Å²) in [5.41, 5.74) is 2.44. The Balaban J connectivity index is 1.43. The maximum absolute atomic E-state index is 5.95. The van der Waals surface area contributed by atoms with Crippen LogP contribution in [0.1, 0.15) is 11.1 Å². The number of nitrogens with one attached hydrogen (secondary N) is 2. The number of hydrogen-bond acceptors (Lipinski definition) is 4. The molecule has 0 amide bonds. The van der Waals surface area contributed by atoms with Gasteiger partial charge in [-0.2, -0.15) is 0 Å². The van der Waals surface area contributed by atoms with E-state index in [9.17, 15) is 0 Å². The van der Waals surface area contributed by atoms with Gasteiger partial charge in [0.05, 0.1) is 20.8 Å². The summed E-state index contributed by atoms with van der Waals surface area (Å²) in [6.45, 7) is 1.48. The van der Waals surface area contributed by atoms with Gasteiger partial charge in [-0.15, -0.1) is 0 Å². The Bertz CT molecular complexity index is 767. The number of rotatable bonds is 7. The van der Waals surface area contributed by atoms with E-state index >= 15 is 0 Å². The highest BCUT2D eigenvalue weighted by molar-refractivity contribution is 5.79. The van der Waals surface area contributed by atoms with E-state index in [0.29, 0.717) is 6.54 Å². The van der Waals surface area contributed by atoms with Crippen LogP contribution in [0.2, 0.25) is 0 Å². The molecule has 3 rings (SSSR count). The minimum absolute atomic E-state index is 0.131. The van der Waals surface area contributed by atoms with Crippen LogP contribution in [0.5, 0.6) is 17.2 Å². The first-order valence-corrected chi connectivity index (χ1v) is 9.13. The Kier molecular flexibility index (Phi) is 6.41. The van der Waals surface area contributed by atoms with Crippen molar-refractivity contribution in [3.8, 4) is 17.2 Å². The molecule has 27 heavy (non-hydrogen) atoms. The van der Waals surface area contributed by atoms with Crippen LogP contribution in [0.25, 0.3) is 0 Å². The van der Waals surface area contributed by atoms with Crippen LogP contribution in [0.3, 0.4) is 0 Å². The van der Waals surface area contributed by atoms with Crippen molar-refractivity contribution in [2.45, 2.75) is 18.9 Å². The van der Waals surface area contributed by atoms with Crippen molar-refractivity contribution in [2.75, 3.05) is 34.4 Å². The molecule has 6 heteroatoms. The van der Waals surface area contributed by atoms with E-state index in [1.54, 1.807) is 21.3 Å². The van der Waals surface area contributed by atoms with Gasteiger partial charge in [0, 0.05) is 20.0 Å². The van der Waals surface area contributed by atoms with Crippen LogP contribution >= 0.6 is 0 Å². The first-order chi connectivity index (χ1) is 13.2. The molecule has 0 saturated carbocycles. The lowest BCUT2D eigenvalue weighted by Crippen LogP contribution is -2.42. The maximum Gasteiger partial charge on any atom is 0.191 e. The molecule has 1 unspecified atom stereocenters. The van der Waals surface area contributed by atoms with Crippen molar-refractivity contribution in [1.29, 1.82) is 0 Å². The summed E-state index contributed by atoms with van der Waals surface area (Å²) in [4.78, 5) is 4.28. The Labute approximate surface area is 160 Å². The molecule has 0 bridgehead atoms. The quantitative estimate of drug-likeness (QED) is 0.580. The molecule has 1 atom stereocenters. The van der Waals surface area contributed by atoms with E-state index in [1.165, 1.54) is 11.1 Å². The van der Waals surface area contributed by atoms with E-state index in [-0.39, 0.29) is 6.10 Å². The molecule has 0 aliphatic carbocycles. The Morgan fingerprint density at radius 3 is 2.67 bits per heavy atom. The third-order valence-electron chi connectivity index (χ3n) is 4.59. The third-order valence-corrected chi connectivity index (χ3v) is 4.59. The lowest BCUT2D eigenvalue weighted by molar-refractivity contribution is 0.235. The largest absolute Gasteiger partial charge is 0.493 e. The van der Waals surface area contributed by atoms with Crippen molar-refractivity contribution < 1.29 is 14.2 Å². The van der Waals surface area contributed by atoms with Gasteiger partial charge in [0.25, 0.3) is 0 Å². The monoisotopic (exact) mass is 369 g/mol. The summed E-state index contributed by atoms with van der Waals surface area (Å²) in [6.07, 6.45) is 1.91. The van der Waals surface area contributed by atoms with Crippen molar-refractivity contribution in [2.24, 2.45) is 4.99 Å². The molecule has 0 saturated heterocycles. The van der Waals surface area contributed by atoms with Gasteiger partial charge in [-0.25, -0.2) is 0 Å². The van der Waals surface area contributed by atoms with Crippen molar-refractivity contribution in [3.63, 3.8) is 0 Å². The Morgan fingerprint density at radius 1 is 1.11 bits per heavy atom. The fourth-order valence-electron chi connectivity index (χ4n) is 3.16. The fourth-order valence-corrected chi connectivity index (χ4v) is 3.16. The van der Waals surface area contributed by atoms with E-state index in [2.05, 4.69) is 21.7 Å². The smallest absolute Gasteiger partial charge is 0.191 e. The van der Waals surface area contributed by atoms with E-state index in [1.807, 2.05) is 36.4 Å². The van der Waals surface area contributed by atoms with Gasteiger partial charge in [0.2, 0.25) is 0 Å². The second kappa shape index (κ2) is 9.16. The minimum Gasteiger partial charge on any atom is -0.493 e. The maximum atomic E-state index is 5.95. The number of benzene rings is 2. The molecule has 1 aliphatic heterocycles. The molecule has 6 nitrogen and oxygen atoms in total. The third kappa shape index (κ3) is 4.84. The molecule has 2 N–H and O–H groups in total. The van der Waals surface area contributed by atoms with Crippen molar-refractivity contribution in [1.82, 2.24) is 10.6 Å². The number of aliphatic imine (C=N–C) groups is 1. The summed E-state index contributed by atoms with van der Waals surface area (Å²) >= 11 is 0. The zero-order chi connectivity index (χ0) is 19.1. The first-order valence-electron chi connectivity index (χ1n) is 9.13. The standard InChI is InChI=1S/C21H27N3O3/c1-22-21(24-14-17-13-16-6-4-5-7-18(16)27-17)23-11-10-15-8-9-19(25-2)20(12-15)26-3/h4-9,12,17H,10-11,13-14H2,1-3H3,(H2,22,23,24). The molecule has 0 radical (unpaired) electrons. The van der Waals surface area contributed by atoms with E-state index < -0.39 is 0 Å². The summed E-state index contributed by atoms with van der Waals surface area (Å²) in [5, 5.41) is 6.68. The van der Waals surface area contributed by atoms with Crippen molar-refractivity contribution >= 4 is 5.96 Å². The lowest BCUT2D eigenvalue weighted by atomic mass is 10.1. The summed E-state index contributed by atoms with van der Waals surface area (Å²) in [7, 11) is 5.06. The van der Waals surface area contributed by atoms with Gasteiger partial charge < -0.3 is 24.8 Å². The van der Waals surface area contributed by atoms with Crippen molar-refractivity contribution in [3.05, 3.63) is 53.6 Å². The lowest BCUT2D eigenvalue weighted by Gasteiger charge is -2.16. The SMILES string of the molecule is CN=C(NCCc1ccc(OC)c(OC)c1)NCC1Cc2ccccc2O1. The first kappa shape index (κ1) is 18.9. The number of hydrogen-bond donors (Lipinski definition) is 2. The normalized spacial score (nSPS) is 15.7. The van der Waals surface area contributed by atoms with Crippen LogP contribution < -0.4 is 24.8 Å². The number of ether oxygens (including phenoxy) is 3. The molecule has 144 valence electrons. The highest BCUT2D eigenvalue weighted by Gasteiger charge is 2.22. The minimum atomic E-state index is 0.131. The average Bonchev–Trinajstić information content (AvgIpc) is 3.13. The Morgan fingerprint density at radius 2 is 1.93 bits per heavy atom. The van der Waals surface area contributed by atoms with Crippen LogP contribution in [0, 0.1) is 0 Å². The molecule has 0 fully saturated rings. The van der Waals surface area contributed by atoms with Crippen LogP contribution in [-0.4, -0.2) is 46.4 Å². The van der Waals surface area contributed by atoms with Gasteiger partial charge in [-0.3, -0.25) is 4.99 Å². The van der Waals surface area contributed by atoms with Gasteiger partial charge in [0.1, 0.15) is 11.9 Å². The highest BCUT2D eigenvalue weighted by Crippen LogP contribution is 2.28. The molecule has 1 aliphatic rings. The van der Waals surface area contributed by atoms with Crippen LogP contribution in [-0.2, 0) is 12.8 Å². The summed E-state index contributed by atoms with van der Waals surface area (Å²) in [5.74, 6) is 3.25. The topological polar surface area (TPSA) is 64.1 Å². The van der Waals surface area contributed by atoms with Gasteiger partial charge in [-0.1, -0.05) is 24.3 Å².